The molecule has 1 aromatic rings. The summed E-state index contributed by atoms with van der Waals surface area (Å²) in [5, 5.41) is 19.4. The Morgan fingerprint density at radius 1 is 1.55 bits per heavy atom. The summed E-state index contributed by atoms with van der Waals surface area (Å²) in [6.07, 6.45) is 0.319. The Morgan fingerprint density at radius 2 is 2.30 bits per heavy atom. The van der Waals surface area contributed by atoms with Gasteiger partial charge < -0.3 is 19.8 Å². The molecule has 1 fully saturated rings. The van der Waals surface area contributed by atoms with Crippen molar-refractivity contribution in [2.24, 2.45) is 0 Å². The molecule has 1 saturated heterocycles. The maximum absolute atomic E-state index is 11.4. The van der Waals surface area contributed by atoms with Gasteiger partial charge in [-0.25, -0.2) is 4.79 Å². The number of halogens is 1. The normalized spacial score (nSPS) is 22.8. The molecule has 1 aliphatic rings. The average molecular weight is 344 g/mol. The molecular weight excluding hydrogens is 326 g/mol. The fourth-order valence-corrected chi connectivity index (χ4v) is 2.99. The highest BCUT2D eigenvalue weighted by Gasteiger charge is 2.34. The molecule has 0 saturated carbocycles. The molecule has 6 heteroatoms. The number of amides is 1. The SMILES string of the molecule is CCOC1CCN(C(=O)O)C(c2ccc(Br)cc2O)C1. The zero-order valence-electron chi connectivity index (χ0n) is 11.3. The zero-order valence-corrected chi connectivity index (χ0v) is 12.8. The molecule has 2 rings (SSSR count). The highest BCUT2D eigenvalue weighted by molar-refractivity contribution is 9.10. The third-order valence-corrected chi connectivity index (χ3v) is 4.05. The van der Waals surface area contributed by atoms with E-state index in [9.17, 15) is 15.0 Å². The highest BCUT2D eigenvalue weighted by atomic mass is 79.9. The van der Waals surface area contributed by atoms with Crippen molar-refractivity contribution in [3.8, 4) is 5.75 Å². The van der Waals surface area contributed by atoms with Gasteiger partial charge in [-0.3, -0.25) is 0 Å². The summed E-state index contributed by atoms with van der Waals surface area (Å²) in [6.45, 7) is 2.95. The first-order chi connectivity index (χ1) is 9.52. The number of phenolic OH excluding ortho intramolecular Hbond substituents is 1. The number of hydrogen-bond acceptors (Lipinski definition) is 3. The summed E-state index contributed by atoms with van der Waals surface area (Å²) in [5.41, 5.74) is 0.625. The molecule has 2 atom stereocenters. The molecule has 0 aliphatic carbocycles. The van der Waals surface area contributed by atoms with Crippen LogP contribution < -0.4 is 0 Å². The van der Waals surface area contributed by atoms with Gasteiger partial charge in [0.1, 0.15) is 5.75 Å². The molecule has 1 amide bonds. The van der Waals surface area contributed by atoms with Crippen molar-refractivity contribution < 1.29 is 19.7 Å². The number of hydrogen-bond donors (Lipinski definition) is 2. The zero-order chi connectivity index (χ0) is 14.7. The number of carboxylic acid groups (broad SMARTS) is 1. The van der Waals surface area contributed by atoms with Gasteiger partial charge in [0, 0.05) is 23.2 Å². The predicted octanol–water partition coefficient (Wildman–Crippen LogP) is 3.37. The minimum atomic E-state index is -0.965. The minimum absolute atomic E-state index is 0.0312. The van der Waals surface area contributed by atoms with Crippen LogP contribution in [-0.2, 0) is 4.74 Å². The summed E-state index contributed by atoms with van der Waals surface area (Å²) in [5.74, 6) is 0.104. The summed E-state index contributed by atoms with van der Waals surface area (Å²) < 4.78 is 6.38. The number of aromatic hydroxyl groups is 1. The van der Waals surface area contributed by atoms with E-state index < -0.39 is 6.09 Å². The van der Waals surface area contributed by atoms with E-state index in [2.05, 4.69) is 15.9 Å². The van der Waals surface area contributed by atoms with Crippen LogP contribution in [0, 0.1) is 0 Å². The summed E-state index contributed by atoms with van der Waals surface area (Å²) in [6, 6.07) is 4.78. The van der Waals surface area contributed by atoms with Crippen molar-refractivity contribution in [1.29, 1.82) is 0 Å². The third kappa shape index (κ3) is 3.24. The van der Waals surface area contributed by atoms with Crippen LogP contribution in [0.3, 0.4) is 0 Å². The van der Waals surface area contributed by atoms with Crippen molar-refractivity contribution in [2.75, 3.05) is 13.2 Å². The third-order valence-electron chi connectivity index (χ3n) is 3.55. The molecule has 20 heavy (non-hydrogen) atoms. The predicted molar refractivity (Wildman–Crippen MR) is 77.9 cm³/mol. The quantitative estimate of drug-likeness (QED) is 0.882. The van der Waals surface area contributed by atoms with Gasteiger partial charge in [0.25, 0.3) is 0 Å². The largest absolute Gasteiger partial charge is 0.508 e. The van der Waals surface area contributed by atoms with E-state index in [0.717, 1.165) is 4.47 Å². The summed E-state index contributed by atoms with van der Waals surface area (Å²) in [7, 11) is 0. The minimum Gasteiger partial charge on any atom is -0.508 e. The standard InChI is InChI=1S/C14H18BrNO4/c1-2-20-10-5-6-16(14(18)19)12(8-10)11-4-3-9(15)7-13(11)17/h3-4,7,10,12,17H,2,5-6,8H2,1H3,(H,18,19). The molecule has 5 nitrogen and oxygen atoms in total. The van der Waals surface area contributed by atoms with E-state index in [0.29, 0.717) is 31.6 Å². The number of piperidine rings is 1. The number of likely N-dealkylation sites (tertiary alicyclic amines) is 1. The van der Waals surface area contributed by atoms with Gasteiger partial charge in [-0.15, -0.1) is 0 Å². The Balaban J connectivity index is 2.28. The van der Waals surface area contributed by atoms with Crippen LogP contribution >= 0.6 is 15.9 Å². The lowest BCUT2D eigenvalue weighted by molar-refractivity contribution is -0.00630. The lowest BCUT2D eigenvalue weighted by Crippen LogP contribution is -2.42. The molecule has 0 aromatic heterocycles. The number of benzene rings is 1. The molecule has 1 heterocycles. The first-order valence-corrected chi connectivity index (χ1v) is 7.41. The fraction of sp³-hybridized carbons (Fsp3) is 0.500. The van der Waals surface area contributed by atoms with Gasteiger partial charge in [0.2, 0.25) is 0 Å². The van der Waals surface area contributed by atoms with E-state index in [1.54, 1.807) is 18.2 Å². The molecule has 0 bridgehead atoms. The Hall–Kier alpha value is -1.27. The average Bonchev–Trinajstić information content (AvgIpc) is 2.38. The highest BCUT2D eigenvalue weighted by Crippen LogP contribution is 2.37. The number of phenols is 1. The topological polar surface area (TPSA) is 70.0 Å². The van der Waals surface area contributed by atoms with E-state index in [4.69, 9.17) is 4.74 Å². The van der Waals surface area contributed by atoms with E-state index in [-0.39, 0.29) is 17.9 Å². The molecule has 1 aliphatic heterocycles. The van der Waals surface area contributed by atoms with E-state index in [1.165, 1.54) is 4.90 Å². The smallest absolute Gasteiger partial charge is 0.407 e. The molecule has 2 unspecified atom stereocenters. The maximum Gasteiger partial charge on any atom is 0.407 e. The Bertz CT molecular complexity index is 494. The van der Waals surface area contributed by atoms with Crippen LogP contribution in [0.1, 0.15) is 31.4 Å². The van der Waals surface area contributed by atoms with Gasteiger partial charge in [0.05, 0.1) is 12.1 Å². The Kier molecular flexibility index (Phi) is 4.88. The molecule has 1 aromatic carbocycles. The van der Waals surface area contributed by atoms with Gasteiger partial charge in [-0.2, -0.15) is 0 Å². The summed E-state index contributed by atoms with van der Waals surface area (Å²) in [4.78, 5) is 12.7. The second-order valence-corrected chi connectivity index (χ2v) is 5.71. The summed E-state index contributed by atoms with van der Waals surface area (Å²) >= 11 is 3.29. The molecular formula is C14H18BrNO4. The number of carbonyl (C=O) groups is 1. The van der Waals surface area contributed by atoms with Crippen LogP contribution in [0.25, 0.3) is 0 Å². The first-order valence-electron chi connectivity index (χ1n) is 6.62. The van der Waals surface area contributed by atoms with Crippen LogP contribution in [-0.4, -0.2) is 40.5 Å². The first kappa shape index (κ1) is 15.1. The van der Waals surface area contributed by atoms with E-state index in [1.807, 2.05) is 6.92 Å². The fourth-order valence-electron chi connectivity index (χ4n) is 2.64. The Morgan fingerprint density at radius 3 is 2.90 bits per heavy atom. The van der Waals surface area contributed by atoms with Crippen molar-refractivity contribution in [3.63, 3.8) is 0 Å². The van der Waals surface area contributed by atoms with Gasteiger partial charge in [0.15, 0.2) is 0 Å². The lowest BCUT2D eigenvalue weighted by Gasteiger charge is -2.38. The van der Waals surface area contributed by atoms with E-state index >= 15 is 0 Å². The van der Waals surface area contributed by atoms with Gasteiger partial charge >= 0.3 is 6.09 Å². The number of ether oxygens (including phenoxy) is 1. The molecule has 110 valence electrons. The second-order valence-electron chi connectivity index (χ2n) is 4.80. The van der Waals surface area contributed by atoms with Crippen LogP contribution in [0.4, 0.5) is 4.79 Å². The maximum atomic E-state index is 11.4. The van der Waals surface area contributed by atoms with Crippen molar-refractivity contribution >= 4 is 22.0 Å². The number of nitrogens with zero attached hydrogens (tertiary/aromatic N) is 1. The number of rotatable bonds is 3. The van der Waals surface area contributed by atoms with Crippen LogP contribution in [0.2, 0.25) is 0 Å². The van der Waals surface area contributed by atoms with Crippen molar-refractivity contribution in [3.05, 3.63) is 28.2 Å². The van der Waals surface area contributed by atoms with Crippen molar-refractivity contribution in [2.45, 2.75) is 31.9 Å². The lowest BCUT2D eigenvalue weighted by atomic mass is 9.93. The molecule has 2 N–H and O–H groups in total. The monoisotopic (exact) mass is 343 g/mol. The second kappa shape index (κ2) is 6.45. The van der Waals surface area contributed by atoms with Gasteiger partial charge in [-0.1, -0.05) is 22.0 Å². The molecule has 0 radical (unpaired) electrons. The molecule has 0 spiro atoms. The van der Waals surface area contributed by atoms with Gasteiger partial charge in [-0.05, 0) is 31.9 Å². The van der Waals surface area contributed by atoms with Crippen LogP contribution in [0.15, 0.2) is 22.7 Å². The van der Waals surface area contributed by atoms with Crippen molar-refractivity contribution in [1.82, 2.24) is 4.90 Å². The Labute approximate surface area is 126 Å². The van der Waals surface area contributed by atoms with Crippen LogP contribution in [0.5, 0.6) is 5.75 Å².